The summed E-state index contributed by atoms with van der Waals surface area (Å²) in [6.07, 6.45) is 0. The highest BCUT2D eigenvalue weighted by Crippen LogP contribution is 2.20. The molecular formula is C17H14N2O3. The van der Waals surface area contributed by atoms with Gasteiger partial charge < -0.3 is 15.4 Å². The highest BCUT2D eigenvalue weighted by atomic mass is 16.5. The largest absolute Gasteiger partial charge is 0.455 e. The summed E-state index contributed by atoms with van der Waals surface area (Å²) in [4.78, 5) is 24.1. The number of anilines is 2. The molecule has 3 rings (SSSR count). The molecule has 0 fully saturated rings. The molecule has 0 atom stereocenters. The molecule has 0 aliphatic carbocycles. The van der Waals surface area contributed by atoms with Crippen LogP contribution in [0.4, 0.5) is 11.4 Å². The highest BCUT2D eigenvalue weighted by Gasteiger charge is 2.31. The van der Waals surface area contributed by atoms with E-state index in [4.69, 9.17) is 4.74 Å². The van der Waals surface area contributed by atoms with Crippen LogP contribution in [0.5, 0.6) is 0 Å². The van der Waals surface area contributed by atoms with E-state index in [1.54, 1.807) is 24.3 Å². The summed E-state index contributed by atoms with van der Waals surface area (Å²) in [7, 11) is 0. The average Bonchev–Trinajstić information content (AvgIpc) is 2.90. The van der Waals surface area contributed by atoms with Crippen LogP contribution >= 0.6 is 0 Å². The van der Waals surface area contributed by atoms with Gasteiger partial charge in [-0.2, -0.15) is 0 Å². The van der Waals surface area contributed by atoms with E-state index in [-0.39, 0.29) is 12.2 Å². The van der Waals surface area contributed by atoms with Crippen LogP contribution in [-0.4, -0.2) is 18.5 Å². The minimum atomic E-state index is -0.619. The number of benzene rings is 2. The smallest absolute Gasteiger partial charge is 0.346 e. The summed E-state index contributed by atoms with van der Waals surface area (Å²) >= 11 is 0. The summed E-state index contributed by atoms with van der Waals surface area (Å²) in [5, 5.41) is 5.75. The topological polar surface area (TPSA) is 67.4 Å². The predicted octanol–water partition coefficient (Wildman–Crippen LogP) is 2.55. The Morgan fingerprint density at radius 3 is 2.14 bits per heavy atom. The lowest BCUT2D eigenvalue weighted by atomic mass is 10.2. The van der Waals surface area contributed by atoms with Crippen LogP contribution in [0.3, 0.4) is 0 Å². The SMILES string of the molecule is O=C(Nc1ccccc1)C1=C(Nc2ccccc2)COC1=O. The van der Waals surface area contributed by atoms with Gasteiger partial charge in [0.15, 0.2) is 0 Å². The molecular weight excluding hydrogens is 280 g/mol. The number of rotatable bonds is 4. The molecule has 2 aromatic rings. The van der Waals surface area contributed by atoms with Crippen LogP contribution in [0.25, 0.3) is 0 Å². The van der Waals surface area contributed by atoms with Crippen molar-refractivity contribution in [2.24, 2.45) is 0 Å². The molecule has 1 aliphatic heterocycles. The third-order valence-corrected chi connectivity index (χ3v) is 3.18. The third kappa shape index (κ3) is 2.98. The molecule has 22 heavy (non-hydrogen) atoms. The molecule has 0 saturated heterocycles. The third-order valence-electron chi connectivity index (χ3n) is 3.18. The van der Waals surface area contributed by atoms with Gasteiger partial charge in [0.2, 0.25) is 0 Å². The Hall–Kier alpha value is -3.08. The summed E-state index contributed by atoms with van der Waals surface area (Å²) in [5.74, 6) is -1.10. The predicted molar refractivity (Wildman–Crippen MR) is 83.1 cm³/mol. The molecule has 110 valence electrons. The van der Waals surface area contributed by atoms with E-state index in [1.165, 1.54) is 0 Å². The Morgan fingerprint density at radius 1 is 0.909 bits per heavy atom. The normalized spacial score (nSPS) is 13.7. The van der Waals surface area contributed by atoms with Crippen molar-refractivity contribution in [2.75, 3.05) is 17.2 Å². The molecule has 0 aromatic heterocycles. The summed E-state index contributed by atoms with van der Waals surface area (Å²) in [6, 6.07) is 18.3. The standard InChI is InChI=1S/C17H14N2O3/c20-16(19-13-9-5-2-6-10-13)15-14(11-22-17(15)21)18-12-7-3-1-4-8-12/h1-10,18H,11H2,(H,19,20). The fraction of sp³-hybridized carbons (Fsp3) is 0.0588. The van der Waals surface area contributed by atoms with Gasteiger partial charge in [-0.25, -0.2) is 4.79 Å². The Labute approximate surface area is 127 Å². The first kappa shape index (κ1) is 13.9. The van der Waals surface area contributed by atoms with Crippen LogP contribution < -0.4 is 10.6 Å². The van der Waals surface area contributed by atoms with Gasteiger partial charge in [0.05, 0.1) is 5.70 Å². The Bertz CT molecular complexity index is 724. The van der Waals surface area contributed by atoms with Gasteiger partial charge in [-0.1, -0.05) is 36.4 Å². The van der Waals surface area contributed by atoms with Gasteiger partial charge in [-0.15, -0.1) is 0 Å². The van der Waals surface area contributed by atoms with Gasteiger partial charge in [0.1, 0.15) is 12.2 Å². The molecule has 2 N–H and O–H groups in total. The number of hydrogen-bond acceptors (Lipinski definition) is 4. The van der Waals surface area contributed by atoms with Crippen LogP contribution in [0.2, 0.25) is 0 Å². The first-order valence-corrected chi connectivity index (χ1v) is 6.83. The Morgan fingerprint density at radius 2 is 1.50 bits per heavy atom. The Kier molecular flexibility index (Phi) is 3.87. The molecule has 5 nitrogen and oxygen atoms in total. The van der Waals surface area contributed by atoms with E-state index < -0.39 is 11.9 Å². The first-order chi connectivity index (χ1) is 10.7. The molecule has 1 aliphatic rings. The van der Waals surface area contributed by atoms with Crippen LogP contribution in [0.1, 0.15) is 0 Å². The van der Waals surface area contributed by atoms with E-state index in [1.807, 2.05) is 36.4 Å². The van der Waals surface area contributed by atoms with Gasteiger partial charge in [-0.05, 0) is 24.3 Å². The van der Waals surface area contributed by atoms with Crippen LogP contribution in [0.15, 0.2) is 71.9 Å². The van der Waals surface area contributed by atoms with Crippen LogP contribution in [0, 0.1) is 0 Å². The second kappa shape index (κ2) is 6.13. The maximum atomic E-state index is 12.3. The number of esters is 1. The van der Waals surface area contributed by atoms with Crippen molar-refractivity contribution in [1.29, 1.82) is 0 Å². The van der Waals surface area contributed by atoms with E-state index in [0.717, 1.165) is 5.69 Å². The van der Waals surface area contributed by atoms with Crippen molar-refractivity contribution in [3.05, 3.63) is 71.9 Å². The number of ether oxygens (including phenoxy) is 1. The zero-order chi connectivity index (χ0) is 15.4. The lowest BCUT2D eigenvalue weighted by Gasteiger charge is -2.08. The fourth-order valence-corrected chi connectivity index (χ4v) is 2.14. The molecule has 1 amide bonds. The summed E-state index contributed by atoms with van der Waals surface area (Å²) in [6.45, 7) is 0.0608. The lowest BCUT2D eigenvalue weighted by Crippen LogP contribution is -2.20. The average molecular weight is 294 g/mol. The van der Waals surface area contributed by atoms with E-state index >= 15 is 0 Å². The molecule has 0 unspecified atom stereocenters. The maximum Gasteiger partial charge on any atom is 0.346 e. The molecule has 5 heteroatoms. The van der Waals surface area contributed by atoms with Gasteiger partial charge in [0, 0.05) is 11.4 Å². The Balaban J connectivity index is 1.83. The summed E-state index contributed by atoms with van der Waals surface area (Å²) in [5.41, 5.74) is 1.89. The highest BCUT2D eigenvalue weighted by molar-refractivity contribution is 6.23. The number of para-hydroxylation sites is 2. The first-order valence-electron chi connectivity index (χ1n) is 6.83. The van der Waals surface area contributed by atoms with E-state index in [0.29, 0.717) is 11.4 Å². The van der Waals surface area contributed by atoms with Crippen molar-refractivity contribution >= 4 is 23.3 Å². The van der Waals surface area contributed by atoms with Gasteiger partial charge in [0.25, 0.3) is 5.91 Å². The monoisotopic (exact) mass is 294 g/mol. The second-order valence-electron chi connectivity index (χ2n) is 4.74. The number of carbonyl (C=O) groups is 2. The second-order valence-corrected chi connectivity index (χ2v) is 4.74. The number of hydrogen-bond donors (Lipinski definition) is 2. The molecule has 1 heterocycles. The van der Waals surface area contributed by atoms with E-state index in [2.05, 4.69) is 10.6 Å². The zero-order valence-corrected chi connectivity index (χ0v) is 11.7. The fourth-order valence-electron chi connectivity index (χ4n) is 2.14. The van der Waals surface area contributed by atoms with Crippen molar-refractivity contribution in [1.82, 2.24) is 0 Å². The van der Waals surface area contributed by atoms with Crippen LogP contribution in [-0.2, 0) is 14.3 Å². The number of nitrogens with one attached hydrogen (secondary N) is 2. The molecule has 0 bridgehead atoms. The lowest BCUT2D eigenvalue weighted by molar-refractivity contribution is -0.137. The minimum absolute atomic E-state index is 0.00714. The summed E-state index contributed by atoms with van der Waals surface area (Å²) < 4.78 is 4.97. The van der Waals surface area contributed by atoms with Crippen molar-refractivity contribution in [3.63, 3.8) is 0 Å². The number of carbonyl (C=O) groups excluding carboxylic acids is 2. The van der Waals surface area contributed by atoms with Crippen molar-refractivity contribution < 1.29 is 14.3 Å². The molecule has 0 radical (unpaired) electrons. The number of amides is 1. The zero-order valence-electron chi connectivity index (χ0n) is 11.7. The van der Waals surface area contributed by atoms with Crippen molar-refractivity contribution in [2.45, 2.75) is 0 Å². The van der Waals surface area contributed by atoms with Crippen molar-refractivity contribution in [3.8, 4) is 0 Å². The molecule has 0 saturated carbocycles. The van der Waals surface area contributed by atoms with E-state index in [9.17, 15) is 9.59 Å². The van der Waals surface area contributed by atoms with Gasteiger partial charge >= 0.3 is 5.97 Å². The number of cyclic esters (lactones) is 1. The quantitative estimate of drug-likeness (QED) is 0.672. The molecule has 0 spiro atoms. The molecule has 2 aromatic carbocycles. The maximum absolute atomic E-state index is 12.3. The van der Waals surface area contributed by atoms with Gasteiger partial charge in [-0.3, -0.25) is 4.79 Å². The minimum Gasteiger partial charge on any atom is -0.455 e.